The predicted octanol–water partition coefficient (Wildman–Crippen LogP) is 4.54. The molecule has 2 heterocycles. The zero-order valence-corrected chi connectivity index (χ0v) is 16.3. The third-order valence-electron chi connectivity index (χ3n) is 4.96. The van der Waals surface area contributed by atoms with Gasteiger partial charge < -0.3 is 4.57 Å². The number of aromatic nitrogens is 4. The van der Waals surface area contributed by atoms with Crippen LogP contribution in [-0.2, 0) is 6.54 Å². The molecule has 1 fully saturated rings. The first-order valence-electron chi connectivity index (χ1n) is 9.04. The van der Waals surface area contributed by atoms with Crippen molar-refractivity contribution in [3.8, 4) is 5.69 Å². The second kappa shape index (κ2) is 7.45. The van der Waals surface area contributed by atoms with Crippen LogP contribution in [0.4, 0.5) is 0 Å². The van der Waals surface area contributed by atoms with Gasteiger partial charge in [0.05, 0.1) is 12.0 Å². The van der Waals surface area contributed by atoms with Crippen molar-refractivity contribution in [2.24, 2.45) is 5.92 Å². The fraction of sp³-hybridized carbons (Fsp3) is 0.421. The highest BCUT2D eigenvalue weighted by Gasteiger charge is 2.20. The molecule has 136 valence electrons. The van der Waals surface area contributed by atoms with Crippen molar-refractivity contribution in [2.75, 3.05) is 5.75 Å². The van der Waals surface area contributed by atoms with Crippen LogP contribution in [0, 0.1) is 5.92 Å². The molecule has 0 atom stereocenters. The van der Waals surface area contributed by atoms with Gasteiger partial charge in [-0.1, -0.05) is 36.2 Å². The minimum absolute atomic E-state index is 0.126. The Balaban J connectivity index is 1.83. The number of halogens is 1. The zero-order chi connectivity index (χ0) is 18.1. The van der Waals surface area contributed by atoms with Crippen molar-refractivity contribution in [3.63, 3.8) is 0 Å². The lowest BCUT2D eigenvalue weighted by Gasteiger charge is -2.14. The van der Waals surface area contributed by atoms with E-state index in [4.69, 9.17) is 16.6 Å². The van der Waals surface area contributed by atoms with Gasteiger partial charge in [-0.3, -0.25) is 9.36 Å². The van der Waals surface area contributed by atoms with E-state index in [9.17, 15) is 4.79 Å². The largest absolute Gasteiger partial charge is 0.315 e. The Morgan fingerprint density at radius 2 is 1.96 bits per heavy atom. The van der Waals surface area contributed by atoms with E-state index >= 15 is 0 Å². The summed E-state index contributed by atoms with van der Waals surface area (Å²) >= 11 is 7.69. The van der Waals surface area contributed by atoms with Crippen molar-refractivity contribution in [1.29, 1.82) is 0 Å². The van der Waals surface area contributed by atoms with E-state index < -0.39 is 0 Å². The Morgan fingerprint density at radius 3 is 2.65 bits per heavy atom. The maximum atomic E-state index is 13.2. The summed E-state index contributed by atoms with van der Waals surface area (Å²) in [5.41, 5.74) is 1.72. The topological polar surface area (TPSA) is 52.7 Å². The quantitative estimate of drug-likeness (QED) is 0.475. The molecular formula is C19H21ClN4OS. The summed E-state index contributed by atoms with van der Waals surface area (Å²) in [6.07, 6.45) is 6.85. The first-order valence-corrected chi connectivity index (χ1v) is 10.4. The Morgan fingerprint density at radius 1 is 1.23 bits per heavy atom. The monoisotopic (exact) mass is 388 g/mol. The second-order valence-corrected chi connectivity index (χ2v) is 8.10. The molecule has 5 nitrogen and oxygen atoms in total. The fourth-order valence-electron chi connectivity index (χ4n) is 3.49. The minimum Gasteiger partial charge on any atom is -0.315 e. The summed E-state index contributed by atoms with van der Waals surface area (Å²) in [6, 6.07) is 7.30. The van der Waals surface area contributed by atoms with Crippen molar-refractivity contribution < 1.29 is 0 Å². The molecule has 0 amide bonds. The van der Waals surface area contributed by atoms with Crippen LogP contribution in [0.15, 0.2) is 40.5 Å². The Kier molecular flexibility index (Phi) is 5.05. The molecule has 3 aromatic rings. The molecule has 1 saturated carbocycles. The normalized spacial score (nSPS) is 15.2. The molecule has 1 aliphatic rings. The van der Waals surface area contributed by atoms with Gasteiger partial charge in [0.2, 0.25) is 0 Å². The van der Waals surface area contributed by atoms with Gasteiger partial charge in [0, 0.05) is 17.3 Å². The average molecular weight is 389 g/mol. The van der Waals surface area contributed by atoms with Crippen molar-refractivity contribution in [1.82, 2.24) is 19.1 Å². The summed E-state index contributed by atoms with van der Waals surface area (Å²) in [5.74, 6) is 1.70. The maximum absolute atomic E-state index is 13.2. The van der Waals surface area contributed by atoms with Crippen LogP contribution in [0.2, 0.25) is 5.02 Å². The standard InChI is InChI=1S/C19H21ClN4OS/c1-2-23-12-21-16-17(23)22-19(26-11-13-5-3-4-6-13)24(18(16)25)15-9-7-14(20)8-10-15/h7-10,12-13H,2-6,11H2,1H3. The number of rotatable bonds is 5. The SMILES string of the molecule is CCn1cnc2c(=O)n(-c3ccc(Cl)cc3)c(SCC3CCCC3)nc21. The van der Waals surface area contributed by atoms with Gasteiger partial charge in [0.1, 0.15) is 0 Å². The third-order valence-corrected chi connectivity index (χ3v) is 6.38. The van der Waals surface area contributed by atoms with Gasteiger partial charge in [0.15, 0.2) is 16.3 Å². The fourth-order valence-corrected chi connectivity index (χ4v) is 4.81. The highest BCUT2D eigenvalue weighted by Crippen LogP contribution is 2.31. The molecule has 0 unspecified atom stereocenters. The van der Waals surface area contributed by atoms with E-state index in [1.165, 1.54) is 25.7 Å². The third kappa shape index (κ3) is 3.28. The van der Waals surface area contributed by atoms with E-state index in [1.807, 2.05) is 23.6 Å². The Labute approximate surface area is 161 Å². The summed E-state index contributed by atoms with van der Waals surface area (Å²) in [6.45, 7) is 2.76. The average Bonchev–Trinajstić information content (AvgIpc) is 3.30. The van der Waals surface area contributed by atoms with Gasteiger partial charge in [-0.2, -0.15) is 0 Å². The molecule has 7 heteroatoms. The molecule has 2 aromatic heterocycles. The van der Waals surface area contributed by atoms with E-state index in [2.05, 4.69) is 4.98 Å². The molecule has 1 aromatic carbocycles. The number of hydrogen-bond donors (Lipinski definition) is 0. The number of fused-ring (bicyclic) bond motifs is 1. The van der Waals surface area contributed by atoms with E-state index in [0.29, 0.717) is 22.1 Å². The van der Waals surface area contributed by atoms with Crippen LogP contribution in [0.25, 0.3) is 16.9 Å². The second-order valence-electron chi connectivity index (χ2n) is 6.68. The molecule has 26 heavy (non-hydrogen) atoms. The summed E-state index contributed by atoms with van der Waals surface area (Å²) < 4.78 is 3.59. The number of thioether (sulfide) groups is 1. The molecule has 0 radical (unpaired) electrons. The van der Waals surface area contributed by atoms with Gasteiger partial charge in [-0.25, -0.2) is 9.97 Å². The van der Waals surface area contributed by atoms with Crippen molar-refractivity contribution >= 4 is 34.5 Å². The number of imidazole rings is 1. The van der Waals surface area contributed by atoms with Crippen LogP contribution in [-0.4, -0.2) is 24.9 Å². The van der Waals surface area contributed by atoms with Gasteiger partial charge in [0.25, 0.3) is 5.56 Å². The molecule has 0 spiro atoms. The Hall–Kier alpha value is -1.79. The van der Waals surface area contributed by atoms with Gasteiger partial charge >= 0.3 is 0 Å². The lowest BCUT2D eigenvalue weighted by atomic mass is 10.1. The van der Waals surface area contributed by atoms with E-state index in [1.54, 1.807) is 34.8 Å². The van der Waals surface area contributed by atoms with Crippen LogP contribution in [0.5, 0.6) is 0 Å². The van der Waals surface area contributed by atoms with Crippen LogP contribution >= 0.6 is 23.4 Å². The van der Waals surface area contributed by atoms with E-state index in [0.717, 1.165) is 23.1 Å². The molecule has 4 rings (SSSR count). The van der Waals surface area contributed by atoms with Gasteiger partial charge in [-0.05, 0) is 49.9 Å². The molecule has 0 N–H and O–H groups in total. The first kappa shape index (κ1) is 17.6. The minimum atomic E-state index is -0.126. The highest BCUT2D eigenvalue weighted by molar-refractivity contribution is 7.99. The zero-order valence-electron chi connectivity index (χ0n) is 14.7. The van der Waals surface area contributed by atoms with Crippen LogP contribution in [0.1, 0.15) is 32.6 Å². The molecule has 0 saturated heterocycles. The van der Waals surface area contributed by atoms with Gasteiger partial charge in [-0.15, -0.1) is 0 Å². The lowest BCUT2D eigenvalue weighted by molar-refractivity contribution is 0.621. The van der Waals surface area contributed by atoms with E-state index in [-0.39, 0.29) is 5.56 Å². The lowest BCUT2D eigenvalue weighted by Crippen LogP contribution is -2.22. The molecule has 0 aliphatic heterocycles. The number of benzene rings is 1. The smallest absolute Gasteiger partial charge is 0.286 e. The maximum Gasteiger partial charge on any atom is 0.286 e. The van der Waals surface area contributed by atoms with Crippen molar-refractivity contribution in [2.45, 2.75) is 44.3 Å². The Bertz CT molecular complexity index is 974. The van der Waals surface area contributed by atoms with Crippen LogP contribution in [0.3, 0.4) is 0 Å². The highest BCUT2D eigenvalue weighted by atomic mass is 35.5. The summed E-state index contributed by atoms with van der Waals surface area (Å²) in [4.78, 5) is 22.3. The first-order chi connectivity index (χ1) is 12.7. The molecule has 0 bridgehead atoms. The number of hydrogen-bond acceptors (Lipinski definition) is 4. The number of aryl methyl sites for hydroxylation is 1. The number of nitrogens with zero attached hydrogens (tertiary/aromatic N) is 4. The summed E-state index contributed by atoms with van der Waals surface area (Å²) in [5, 5.41) is 1.37. The molecule has 1 aliphatic carbocycles. The molecular weight excluding hydrogens is 368 g/mol. The van der Waals surface area contributed by atoms with Crippen LogP contribution < -0.4 is 5.56 Å². The predicted molar refractivity (Wildman–Crippen MR) is 106 cm³/mol. The summed E-state index contributed by atoms with van der Waals surface area (Å²) in [7, 11) is 0. The van der Waals surface area contributed by atoms with Crippen molar-refractivity contribution in [3.05, 3.63) is 46.0 Å².